The number of hydrogen-bond donors (Lipinski definition) is 3. The molecule has 144 valence electrons. The van der Waals surface area contributed by atoms with E-state index in [2.05, 4.69) is 15.5 Å². The third-order valence-electron chi connectivity index (χ3n) is 4.66. The summed E-state index contributed by atoms with van der Waals surface area (Å²) in [4.78, 5) is 27.2. The molecule has 3 rings (SSSR count). The van der Waals surface area contributed by atoms with Gasteiger partial charge < -0.3 is 15.8 Å². The number of carbonyl (C=O) groups is 2. The number of thiophene rings is 1. The molecule has 0 bridgehead atoms. The second-order valence-electron chi connectivity index (χ2n) is 6.54. The summed E-state index contributed by atoms with van der Waals surface area (Å²) in [5, 5.41) is 6.09. The molecule has 1 atom stereocenters. The Morgan fingerprint density at radius 2 is 2.00 bits per heavy atom. The van der Waals surface area contributed by atoms with Gasteiger partial charge in [-0.05, 0) is 68.8 Å². The largest absolute Gasteiger partial charge is 0.497 e. The van der Waals surface area contributed by atoms with Gasteiger partial charge in [-0.15, -0.1) is 11.3 Å². The fourth-order valence-electron chi connectivity index (χ4n) is 3.15. The molecule has 1 fully saturated rings. The maximum absolute atomic E-state index is 12.9. The minimum Gasteiger partial charge on any atom is -0.497 e. The summed E-state index contributed by atoms with van der Waals surface area (Å²) in [6.45, 7) is 0.956. The quantitative estimate of drug-likeness (QED) is 0.733. The highest BCUT2D eigenvalue weighted by atomic mass is 32.1. The molecule has 2 heterocycles. The van der Waals surface area contributed by atoms with Gasteiger partial charge in [-0.2, -0.15) is 0 Å². The number of rotatable bonds is 5. The Kier molecular flexibility index (Phi) is 5.98. The lowest BCUT2D eigenvalue weighted by Gasteiger charge is -2.32. The molecule has 0 saturated carbocycles. The molecule has 0 aliphatic carbocycles. The molecule has 1 aliphatic rings. The van der Waals surface area contributed by atoms with Gasteiger partial charge >= 0.3 is 6.03 Å². The molecule has 1 unspecified atom stereocenters. The van der Waals surface area contributed by atoms with Crippen LogP contribution in [0.1, 0.15) is 29.6 Å². The lowest BCUT2D eigenvalue weighted by atomic mass is 10.1. The van der Waals surface area contributed by atoms with Crippen molar-refractivity contribution < 1.29 is 14.3 Å². The number of urea groups is 1. The third-order valence-corrected chi connectivity index (χ3v) is 5.76. The molecular weight excluding hydrogens is 364 g/mol. The van der Waals surface area contributed by atoms with Crippen molar-refractivity contribution in [2.75, 3.05) is 26.0 Å². The summed E-state index contributed by atoms with van der Waals surface area (Å²) in [7, 11) is 3.61. The van der Waals surface area contributed by atoms with Gasteiger partial charge in [-0.25, -0.2) is 4.79 Å². The second-order valence-corrected chi connectivity index (χ2v) is 7.59. The molecule has 8 heteroatoms. The van der Waals surface area contributed by atoms with Crippen LogP contribution < -0.4 is 21.1 Å². The summed E-state index contributed by atoms with van der Waals surface area (Å²) < 4.78 is 5.18. The molecule has 0 radical (unpaired) electrons. The zero-order chi connectivity index (χ0) is 19.4. The molecule has 0 spiro atoms. The number of benzene rings is 1. The SMILES string of the molecule is COc1ccc(-c2cc(C(=O)NC3CCCCN3C)c(NC(N)=O)s2)cc1. The first-order chi connectivity index (χ1) is 13.0. The zero-order valence-corrected chi connectivity index (χ0v) is 16.3. The van der Waals surface area contributed by atoms with Crippen molar-refractivity contribution in [3.8, 4) is 16.2 Å². The molecule has 3 amide bonds. The van der Waals surface area contributed by atoms with Crippen LogP contribution in [0.4, 0.5) is 9.80 Å². The van der Waals surface area contributed by atoms with Crippen molar-refractivity contribution in [3.63, 3.8) is 0 Å². The molecule has 1 aromatic heterocycles. The van der Waals surface area contributed by atoms with E-state index in [1.165, 1.54) is 11.3 Å². The number of nitrogens with two attached hydrogens (primary N) is 1. The normalized spacial score (nSPS) is 17.3. The number of amides is 3. The predicted octanol–water partition coefficient (Wildman–Crippen LogP) is 3.09. The van der Waals surface area contributed by atoms with Crippen molar-refractivity contribution in [3.05, 3.63) is 35.9 Å². The molecule has 2 aromatic rings. The Morgan fingerprint density at radius 1 is 1.26 bits per heavy atom. The van der Waals surface area contributed by atoms with Gasteiger partial charge in [0.05, 0.1) is 18.8 Å². The Morgan fingerprint density at radius 3 is 2.63 bits per heavy atom. The van der Waals surface area contributed by atoms with E-state index in [0.29, 0.717) is 10.6 Å². The summed E-state index contributed by atoms with van der Waals surface area (Å²) in [6, 6.07) is 8.63. The van der Waals surface area contributed by atoms with Gasteiger partial charge in [0, 0.05) is 4.88 Å². The number of primary amides is 1. The van der Waals surface area contributed by atoms with E-state index in [0.717, 1.165) is 42.0 Å². The first-order valence-electron chi connectivity index (χ1n) is 8.83. The van der Waals surface area contributed by atoms with E-state index in [1.54, 1.807) is 13.2 Å². The van der Waals surface area contributed by atoms with Gasteiger partial charge in [0.15, 0.2) is 0 Å². The minimum absolute atomic E-state index is 0.00276. The van der Waals surface area contributed by atoms with Crippen LogP contribution in [-0.4, -0.2) is 43.7 Å². The predicted molar refractivity (Wildman–Crippen MR) is 107 cm³/mol. The summed E-state index contributed by atoms with van der Waals surface area (Å²) in [5.74, 6) is 0.539. The van der Waals surface area contributed by atoms with E-state index >= 15 is 0 Å². The molecule has 1 aromatic carbocycles. The monoisotopic (exact) mass is 388 g/mol. The Labute approximate surface area is 162 Å². The van der Waals surface area contributed by atoms with Crippen LogP contribution in [0.25, 0.3) is 10.4 Å². The smallest absolute Gasteiger partial charge is 0.317 e. The third kappa shape index (κ3) is 4.58. The van der Waals surface area contributed by atoms with E-state index < -0.39 is 6.03 Å². The molecule has 1 aliphatic heterocycles. The first kappa shape index (κ1) is 19.2. The van der Waals surface area contributed by atoms with E-state index in [4.69, 9.17) is 10.5 Å². The highest BCUT2D eigenvalue weighted by Gasteiger charge is 2.24. The number of nitrogens with zero attached hydrogens (tertiary/aromatic N) is 1. The lowest BCUT2D eigenvalue weighted by Crippen LogP contribution is -2.48. The first-order valence-corrected chi connectivity index (χ1v) is 9.65. The highest BCUT2D eigenvalue weighted by molar-refractivity contribution is 7.20. The van der Waals surface area contributed by atoms with Gasteiger partial charge in [0.1, 0.15) is 10.8 Å². The fraction of sp³-hybridized carbons (Fsp3) is 0.368. The van der Waals surface area contributed by atoms with Crippen LogP contribution in [0.15, 0.2) is 30.3 Å². The topological polar surface area (TPSA) is 96.7 Å². The van der Waals surface area contributed by atoms with Crippen LogP contribution in [0.2, 0.25) is 0 Å². The number of ether oxygens (including phenoxy) is 1. The molecule has 7 nitrogen and oxygen atoms in total. The number of methoxy groups -OCH3 is 1. The van der Waals surface area contributed by atoms with Crippen molar-refractivity contribution in [2.24, 2.45) is 5.73 Å². The minimum atomic E-state index is -0.693. The Hall–Kier alpha value is -2.58. The maximum atomic E-state index is 12.9. The van der Waals surface area contributed by atoms with E-state index in [-0.39, 0.29) is 12.1 Å². The van der Waals surface area contributed by atoms with Crippen LogP contribution in [0.5, 0.6) is 5.75 Å². The zero-order valence-electron chi connectivity index (χ0n) is 15.5. The van der Waals surface area contributed by atoms with Crippen LogP contribution in [-0.2, 0) is 0 Å². The highest BCUT2D eigenvalue weighted by Crippen LogP contribution is 2.36. The van der Waals surface area contributed by atoms with E-state index in [9.17, 15) is 9.59 Å². The average molecular weight is 388 g/mol. The Bertz CT molecular complexity index is 819. The summed E-state index contributed by atoms with van der Waals surface area (Å²) >= 11 is 1.32. The maximum Gasteiger partial charge on any atom is 0.317 e. The lowest BCUT2D eigenvalue weighted by molar-refractivity contribution is 0.0830. The Balaban J connectivity index is 1.86. The number of likely N-dealkylation sites (tertiary alicyclic amines) is 1. The van der Waals surface area contributed by atoms with Gasteiger partial charge in [-0.1, -0.05) is 0 Å². The van der Waals surface area contributed by atoms with Crippen LogP contribution in [0, 0.1) is 0 Å². The van der Waals surface area contributed by atoms with E-state index in [1.807, 2.05) is 31.3 Å². The fourth-order valence-corrected chi connectivity index (χ4v) is 4.21. The average Bonchev–Trinajstić information content (AvgIpc) is 3.07. The molecule has 1 saturated heterocycles. The van der Waals surface area contributed by atoms with Crippen molar-refractivity contribution in [2.45, 2.75) is 25.4 Å². The number of hydrogen-bond acceptors (Lipinski definition) is 5. The molecule has 27 heavy (non-hydrogen) atoms. The number of piperidine rings is 1. The molecule has 4 N–H and O–H groups in total. The van der Waals surface area contributed by atoms with Crippen molar-refractivity contribution in [1.82, 2.24) is 10.2 Å². The summed E-state index contributed by atoms with van der Waals surface area (Å²) in [6.07, 6.45) is 3.13. The van der Waals surface area contributed by atoms with Crippen molar-refractivity contribution >= 4 is 28.3 Å². The van der Waals surface area contributed by atoms with Crippen LogP contribution in [0.3, 0.4) is 0 Å². The standard InChI is InChI=1S/C19H24N4O3S/c1-23-10-4-3-5-16(23)21-17(24)14-11-15(27-18(14)22-19(20)25)12-6-8-13(26-2)9-7-12/h6-9,11,16H,3-5,10H2,1-2H3,(H,21,24)(H3,20,22,25). The number of nitrogens with one attached hydrogen (secondary N) is 2. The second kappa shape index (κ2) is 8.41. The summed E-state index contributed by atoms with van der Waals surface area (Å²) in [5.41, 5.74) is 6.64. The van der Waals surface area contributed by atoms with Crippen LogP contribution >= 0.6 is 11.3 Å². The van der Waals surface area contributed by atoms with Crippen molar-refractivity contribution in [1.29, 1.82) is 0 Å². The van der Waals surface area contributed by atoms with Gasteiger partial charge in [0.2, 0.25) is 0 Å². The van der Waals surface area contributed by atoms with Gasteiger partial charge in [0.25, 0.3) is 5.91 Å². The number of anilines is 1. The molecular formula is C19H24N4O3S. The van der Waals surface area contributed by atoms with Gasteiger partial charge in [-0.3, -0.25) is 15.0 Å². The number of carbonyl (C=O) groups excluding carboxylic acids is 2.